The zero-order valence-corrected chi connectivity index (χ0v) is 14.8. The van der Waals surface area contributed by atoms with E-state index in [0.29, 0.717) is 19.7 Å². The van der Waals surface area contributed by atoms with E-state index in [9.17, 15) is 4.79 Å². The Labute approximate surface area is 147 Å². The van der Waals surface area contributed by atoms with Gasteiger partial charge in [-0.2, -0.15) is 0 Å². The highest BCUT2D eigenvalue weighted by atomic mass is 16.5. The summed E-state index contributed by atoms with van der Waals surface area (Å²) in [6.07, 6.45) is 0.968. The number of nitrogens with one attached hydrogen (secondary N) is 1. The Morgan fingerprint density at radius 3 is 2.76 bits per heavy atom. The molecule has 7 heteroatoms. The van der Waals surface area contributed by atoms with Gasteiger partial charge in [0.1, 0.15) is 5.75 Å². The molecule has 0 aliphatic carbocycles. The molecule has 7 nitrogen and oxygen atoms in total. The number of morpholine rings is 1. The van der Waals surface area contributed by atoms with Gasteiger partial charge < -0.3 is 24.8 Å². The van der Waals surface area contributed by atoms with Crippen molar-refractivity contribution in [2.45, 2.75) is 25.9 Å². The van der Waals surface area contributed by atoms with Crippen molar-refractivity contribution in [2.75, 3.05) is 39.4 Å². The predicted octanol–water partition coefficient (Wildman–Crippen LogP) is 1.06. The summed E-state index contributed by atoms with van der Waals surface area (Å²) in [5.41, 5.74) is 0.861. The average molecular weight is 350 g/mol. The molecule has 0 aromatic heterocycles. The van der Waals surface area contributed by atoms with Crippen molar-refractivity contribution in [1.82, 2.24) is 10.2 Å². The monoisotopic (exact) mass is 350 g/mol. The van der Waals surface area contributed by atoms with Crippen LogP contribution in [-0.4, -0.2) is 66.9 Å². The number of ether oxygens (including phenoxy) is 2. The molecule has 2 saturated heterocycles. The van der Waals surface area contributed by atoms with Crippen LogP contribution in [0.3, 0.4) is 0 Å². The van der Waals surface area contributed by atoms with Crippen LogP contribution in [-0.2, 0) is 14.3 Å². The quantitative estimate of drug-likeness (QED) is 0.847. The van der Waals surface area contributed by atoms with E-state index >= 15 is 0 Å². The molecule has 25 heavy (non-hydrogen) atoms. The van der Waals surface area contributed by atoms with Gasteiger partial charge >= 0.3 is 0 Å². The zero-order valence-electron chi connectivity index (χ0n) is 14.8. The predicted molar refractivity (Wildman–Crippen MR) is 92.7 cm³/mol. The van der Waals surface area contributed by atoms with E-state index in [-0.39, 0.29) is 18.1 Å². The fraction of sp³-hybridized carbons (Fsp3) is 0.556. The van der Waals surface area contributed by atoms with E-state index in [1.807, 2.05) is 36.1 Å². The van der Waals surface area contributed by atoms with Gasteiger partial charge in [0.05, 0.1) is 18.8 Å². The third kappa shape index (κ3) is 5.72. The Kier molecular flexibility index (Phi) is 6.78. The SMILES string of the molecule is CC(=O)O.Cc1ccccc1OCC(=O)N1CCOC2(CCNC2)C1. The first kappa shape index (κ1) is 19.2. The summed E-state index contributed by atoms with van der Waals surface area (Å²) in [4.78, 5) is 23.2. The molecule has 1 unspecified atom stereocenters. The number of aryl methyl sites for hydroxylation is 1. The highest BCUT2D eigenvalue weighted by Gasteiger charge is 2.40. The Hall–Kier alpha value is -2.12. The normalized spacial score (nSPS) is 22.2. The standard InChI is InChI=1S/C16H22N2O3.C2H4O2/c1-13-4-2-3-5-14(13)20-10-15(19)18-8-9-21-16(12-18)6-7-17-11-16;1-2(3)4/h2-5,17H,6-12H2,1H3;1H3,(H,3,4). The summed E-state index contributed by atoms with van der Waals surface area (Å²) >= 11 is 0. The maximum absolute atomic E-state index is 12.3. The van der Waals surface area contributed by atoms with Crippen LogP contribution in [0, 0.1) is 6.92 Å². The minimum atomic E-state index is -0.833. The molecule has 0 bridgehead atoms. The van der Waals surface area contributed by atoms with Gasteiger partial charge in [-0.3, -0.25) is 9.59 Å². The highest BCUT2D eigenvalue weighted by molar-refractivity contribution is 5.78. The molecule has 1 aromatic carbocycles. The van der Waals surface area contributed by atoms with Gasteiger partial charge in [0.2, 0.25) is 0 Å². The molecule has 0 saturated carbocycles. The summed E-state index contributed by atoms with van der Waals surface area (Å²) < 4.78 is 11.5. The summed E-state index contributed by atoms with van der Waals surface area (Å²) in [6.45, 7) is 6.87. The number of aliphatic carboxylic acids is 1. The number of carboxylic acids is 1. The number of nitrogens with zero attached hydrogens (tertiary/aromatic N) is 1. The number of para-hydroxylation sites is 1. The first-order valence-electron chi connectivity index (χ1n) is 8.42. The topological polar surface area (TPSA) is 88.1 Å². The van der Waals surface area contributed by atoms with Gasteiger partial charge in [-0.15, -0.1) is 0 Å². The molecule has 0 radical (unpaired) electrons. The molecule has 2 heterocycles. The average Bonchev–Trinajstić information content (AvgIpc) is 3.01. The molecule has 1 amide bonds. The van der Waals surface area contributed by atoms with Gasteiger partial charge in [0.15, 0.2) is 6.61 Å². The molecule has 1 aromatic rings. The van der Waals surface area contributed by atoms with Crippen LogP contribution < -0.4 is 10.1 Å². The second-order valence-corrected chi connectivity index (χ2v) is 6.35. The van der Waals surface area contributed by atoms with Crippen LogP contribution in [0.1, 0.15) is 18.9 Å². The molecule has 2 N–H and O–H groups in total. The fourth-order valence-electron chi connectivity index (χ4n) is 2.99. The molecule has 3 rings (SSSR count). The third-order valence-electron chi connectivity index (χ3n) is 4.25. The van der Waals surface area contributed by atoms with Crippen LogP contribution in [0.4, 0.5) is 0 Å². The lowest BCUT2D eigenvalue weighted by atomic mass is 10.0. The van der Waals surface area contributed by atoms with Crippen molar-refractivity contribution >= 4 is 11.9 Å². The largest absolute Gasteiger partial charge is 0.484 e. The Morgan fingerprint density at radius 1 is 1.40 bits per heavy atom. The van der Waals surface area contributed by atoms with Crippen molar-refractivity contribution in [3.63, 3.8) is 0 Å². The van der Waals surface area contributed by atoms with E-state index in [0.717, 1.165) is 37.7 Å². The van der Waals surface area contributed by atoms with Crippen LogP contribution in [0.15, 0.2) is 24.3 Å². The van der Waals surface area contributed by atoms with E-state index in [1.165, 1.54) is 0 Å². The Balaban J connectivity index is 0.000000511. The second kappa shape index (κ2) is 8.82. The first-order chi connectivity index (χ1) is 11.9. The van der Waals surface area contributed by atoms with Gasteiger partial charge in [-0.1, -0.05) is 18.2 Å². The number of carbonyl (C=O) groups is 2. The number of carbonyl (C=O) groups excluding carboxylic acids is 1. The van der Waals surface area contributed by atoms with Gasteiger partial charge in [0, 0.05) is 20.0 Å². The fourth-order valence-corrected chi connectivity index (χ4v) is 2.99. The van der Waals surface area contributed by atoms with Crippen LogP contribution in [0.25, 0.3) is 0 Å². The molecule has 1 spiro atoms. The van der Waals surface area contributed by atoms with E-state index in [1.54, 1.807) is 0 Å². The van der Waals surface area contributed by atoms with Gasteiger partial charge in [-0.05, 0) is 31.5 Å². The Morgan fingerprint density at radius 2 is 2.12 bits per heavy atom. The molecule has 2 fully saturated rings. The number of benzene rings is 1. The maximum atomic E-state index is 12.3. The van der Waals surface area contributed by atoms with Crippen molar-refractivity contribution in [1.29, 1.82) is 0 Å². The molecule has 2 aliphatic rings. The van der Waals surface area contributed by atoms with Crippen LogP contribution >= 0.6 is 0 Å². The lowest BCUT2D eigenvalue weighted by Gasteiger charge is -2.39. The minimum absolute atomic E-state index is 0.0350. The second-order valence-electron chi connectivity index (χ2n) is 6.35. The molecule has 138 valence electrons. The summed E-state index contributed by atoms with van der Waals surface area (Å²) in [6, 6.07) is 7.75. The van der Waals surface area contributed by atoms with Crippen LogP contribution in [0.5, 0.6) is 5.75 Å². The first-order valence-corrected chi connectivity index (χ1v) is 8.42. The smallest absolute Gasteiger partial charge is 0.300 e. The summed E-state index contributed by atoms with van der Waals surface area (Å²) in [7, 11) is 0. The van der Waals surface area contributed by atoms with Crippen molar-refractivity contribution in [3.05, 3.63) is 29.8 Å². The van der Waals surface area contributed by atoms with Gasteiger partial charge in [-0.25, -0.2) is 0 Å². The lowest BCUT2D eigenvalue weighted by molar-refractivity contribution is -0.149. The minimum Gasteiger partial charge on any atom is -0.484 e. The van der Waals surface area contributed by atoms with E-state index < -0.39 is 5.97 Å². The lowest BCUT2D eigenvalue weighted by Crippen LogP contribution is -2.55. The summed E-state index contributed by atoms with van der Waals surface area (Å²) in [5.74, 6) is -0.0239. The third-order valence-corrected chi connectivity index (χ3v) is 4.25. The van der Waals surface area contributed by atoms with Gasteiger partial charge in [0.25, 0.3) is 11.9 Å². The van der Waals surface area contributed by atoms with Crippen molar-refractivity contribution < 1.29 is 24.2 Å². The van der Waals surface area contributed by atoms with E-state index in [2.05, 4.69) is 5.32 Å². The van der Waals surface area contributed by atoms with Crippen molar-refractivity contribution in [2.24, 2.45) is 0 Å². The number of amides is 1. The number of hydrogen-bond acceptors (Lipinski definition) is 5. The van der Waals surface area contributed by atoms with Crippen molar-refractivity contribution in [3.8, 4) is 5.75 Å². The van der Waals surface area contributed by atoms with E-state index in [4.69, 9.17) is 19.4 Å². The van der Waals surface area contributed by atoms with Crippen LogP contribution in [0.2, 0.25) is 0 Å². The highest BCUT2D eigenvalue weighted by Crippen LogP contribution is 2.25. The number of hydrogen-bond donors (Lipinski definition) is 2. The molecular formula is C18H26N2O5. The number of carboxylic acid groups (broad SMARTS) is 1. The maximum Gasteiger partial charge on any atom is 0.300 e. The summed E-state index contributed by atoms with van der Waals surface area (Å²) in [5, 5.41) is 10.7. The molecule has 1 atom stereocenters. The molecular weight excluding hydrogens is 324 g/mol. The Bertz CT molecular complexity index is 595. The number of rotatable bonds is 3. The zero-order chi connectivity index (χ0) is 18.3. The molecule has 2 aliphatic heterocycles.